The third kappa shape index (κ3) is 21.5. The van der Waals surface area contributed by atoms with Crippen molar-refractivity contribution in [2.45, 2.75) is 142 Å². The van der Waals surface area contributed by atoms with Crippen LogP contribution in [-0.4, -0.2) is 11.2 Å². The quantitative estimate of drug-likeness (QED) is 0.197. The van der Waals surface area contributed by atoms with Gasteiger partial charge in [-0.3, -0.25) is 0 Å². The zero-order valence-electron chi connectivity index (χ0n) is 17.5. The third-order valence-electron chi connectivity index (χ3n) is 5.01. The lowest BCUT2D eigenvalue weighted by Gasteiger charge is -2.04. The van der Waals surface area contributed by atoms with E-state index in [4.69, 9.17) is 0 Å². The third-order valence-corrected chi connectivity index (χ3v) is 5.01. The van der Waals surface area contributed by atoms with E-state index in [2.05, 4.69) is 25.7 Å². The first-order valence-electron chi connectivity index (χ1n) is 11.5. The van der Waals surface area contributed by atoms with Crippen LogP contribution in [0.25, 0.3) is 0 Å². The fourth-order valence-corrected chi connectivity index (χ4v) is 3.26. The van der Waals surface area contributed by atoms with Gasteiger partial charge in [0.05, 0.1) is 0 Å². The van der Waals surface area contributed by atoms with Crippen molar-refractivity contribution in [3.8, 4) is 11.8 Å². The topological polar surface area (TPSA) is 20.2 Å². The Kier molecular flexibility index (Phi) is 21.1. The summed E-state index contributed by atoms with van der Waals surface area (Å²) in [7, 11) is 0. The molecule has 1 unspecified atom stereocenters. The second-order valence-electron chi connectivity index (χ2n) is 7.68. The first kappa shape index (κ1) is 24.5. The van der Waals surface area contributed by atoms with E-state index in [0.717, 1.165) is 19.3 Å². The molecule has 0 aliphatic carbocycles. The van der Waals surface area contributed by atoms with Crippen molar-refractivity contribution in [1.82, 2.24) is 0 Å². The molecule has 0 heterocycles. The molecule has 0 radical (unpaired) electrons. The summed E-state index contributed by atoms with van der Waals surface area (Å²) in [4.78, 5) is 0. The van der Waals surface area contributed by atoms with Gasteiger partial charge in [-0.1, -0.05) is 116 Å². The monoisotopic (exact) mass is 350 g/mol. The average Bonchev–Trinajstić information content (AvgIpc) is 2.62. The van der Waals surface area contributed by atoms with Crippen LogP contribution in [-0.2, 0) is 0 Å². The van der Waals surface area contributed by atoms with E-state index in [1.807, 2.05) is 0 Å². The highest BCUT2D eigenvalue weighted by Gasteiger charge is 1.99. The summed E-state index contributed by atoms with van der Waals surface area (Å²) in [6.07, 6.45) is 24.2. The molecular formula is C24H46O. The Hall–Kier alpha value is -0.480. The predicted octanol–water partition coefficient (Wildman–Crippen LogP) is 7.80. The Labute approximate surface area is 159 Å². The fraction of sp³-hybridized carbons (Fsp3) is 0.917. The number of unbranched alkanes of at least 4 members (excludes halogenated alkanes) is 16. The summed E-state index contributed by atoms with van der Waals surface area (Å²) in [5.41, 5.74) is 0. The second-order valence-corrected chi connectivity index (χ2v) is 7.68. The van der Waals surface area contributed by atoms with Crippen LogP contribution in [0, 0.1) is 11.8 Å². The lowest BCUT2D eigenvalue weighted by atomic mass is 10.0. The highest BCUT2D eigenvalue weighted by molar-refractivity contribution is 5.04. The van der Waals surface area contributed by atoms with Gasteiger partial charge < -0.3 is 5.11 Å². The van der Waals surface area contributed by atoms with Crippen LogP contribution in [0.5, 0.6) is 0 Å². The molecule has 0 bridgehead atoms. The molecule has 0 amide bonds. The second kappa shape index (κ2) is 21.6. The molecule has 25 heavy (non-hydrogen) atoms. The molecule has 0 aromatic rings. The van der Waals surface area contributed by atoms with Crippen molar-refractivity contribution < 1.29 is 5.11 Å². The van der Waals surface area contributed by atoms with Gasteiger partial charge in [0.1, 0.15) is 6.10 Å². The maximum Gasteiger partial charge on any atom is 0.114 e. The number of hydrogen-bond donors (Lipinski definition) is 1. The maximum absolute atomic E-state index is 9.90. The lowest BCUT2D eigenvalue weighted by molar-refractivity contribution is 0.217. The molecule has 0 aliphatic heterocycles. The van der Waals surface area contributed by atoms with Crippen molar-refractivity contribution in [2.75, 3.05) is 0 Å². The van der Waals surface area contributed by atoms with Crippen LogP contribution in [0.4, 0.5) is 0 Å². The maximum atomic E-state index is 9.90. The molecule has 0 aromatic heterocycles. The summed E-state index contributed by atoms with van der Waals surface area (Å²) in [5.74, 6) is 6.21. The van der Waals surface area contributed by atoms with E-state index in [1.54, 1.807) is 0 Å². The Bertz CT molecular complexity index is 299. The first-order chi connectivity index (χ1) is 12.3. The molecule has 0 aromatic carbocycles. The van der Waals surface area contributed by atoms with Gasteiger partial charge in [-0.25, -0.2) is 0 Å². The minimum Gasteiger partial charge on any atom is -0.380 e. The van der Waals surface area contributed by atoms with E-state index >= 15 is 0 Å². The summed E-state index contributed by atoms with van der Waals surface area (Å²) < 4.78 is 0. The Morgan fingerprint density at radius 3 is 1.44 bits per heavy atom. The molecule has 1 N–H and O–H groups in total. The van der Waals surface area contributed by atoms with E-state index in [0.29, 0.717) is 0 Å². The van der Waals surface area contributed by atoms with Gasteiger partial charge in [-0.2, -0.15) is 0 Å². The van der Waals surface area contributed by atoms with Crippen molar-refractivity contribution in [2.24, 2.45) is 0 Å². The Morgan fingerprint density at radius 1 is 0.560 bits per heavy atom. The molecule has 1 nitrogen and oxygen atoms in total. The number of aliphatic hydroxyl groups excluding tert-OH is 1. The lowest BCUT2D eigenvalue weighted by Crippen LogP contribution is -2.02. The van der Waals surface area contributed by atoms with E-state index in [9.17, 15) is 5.11 Å². The molecule has 1 heteroatoms. The summed E-state index contributed by atoms with van der Waals surface area (Å²) in [6.45, 7) is 4.53. The van der Waals surface area contributed by atoms with Gasteiger partial charge in [-0.05, 0) is 19.3 Å². The van der Waals surface area contributed by atoms with Crippen LogP contribution in [0.3, 0.4) is 0 Å². The van der Waals surface area contributed by atoms with Crippen LogP contribution in [0.2, 0.25) is 0 Å². The normalized spacial score (nSPS) is 12.0. The number of aliphatic hydroxyl groups is 1. The van der Waals surface area contributed by atoms with E-state index in [-0.39, 0.29) is 0 Å². The fourth-order valence-electron chi connectivity index (χ4n) is 3.26. The first-order valence-corrected chi connectivity index (χ1v) is 11.5. The van der Waals surface area contributed by atoms with Gasteiger partial charge in [0, 0.05) is 6.42 Å². The molecule has 0 saturated heterocycles. The molecule has 0 aliphatic rings. The smallest absolute Gasteiger partial charge is 0.114 e. The largest absolute Gasteiger partial charge is 0.380 e. The molecule has 148 valence electrons. The molecule has 0 saturated carbocycles. The minimum atomic E-state index is -0.390. The van der Waals surface area contributed by atoms with Gasteiger partial charge in [0.25, 0.3) is 0 Å². The van der Waals surface area contributed by atoms with Gasteiger partial charge >= 0.3 is 0 Å². The Balaban J connectivity index is 3.27. The van der Waals surface area contributed by atoms with E-state index < -0.39 is 6.10 Å². The zero-order valence-corrected chi connectivity index (χ0v) is 17.5. The molecule has 1 atom stereocenters. The number of rotatable bonds is 18. The van der Waals surface area contributed by atoms with Gasteiger partial charge in [-0.15, -0.1) is 5.92 Å². The molecule has 0 fully saturated rings. The van der Waals surface area contributed by atoms with Crippen LogP contribution in [0.15, 0.2) is 0 Å². The molecular weight excluding hydrogens is 304 g/mol. The standard InChI is InChI=1S/C24H46O/c1-3-5-7-9-11-13-15-17-19-21-23-24(25)22-20-18-16-14-12-10-8-6-4-2/h24-25H,3-20,22H2,1-2H3. The van der Waals surface area contributed by atoms with Crippen LogP contribution < -0.4 is 0 Å². The Morgan fingerprint density at radius 2 is 0.960 bits per heavy atom. The zero-order chi connectivity index (χ0) is 18.4. The van der Waals surface area contributed by atoms with Crippen molar-refractivity contribution in [3.05, 3.63) is 0 Å². The predicted molar refractivity (Wildman–Crippen MR) is 113 cm³/mol. The van der Waals surface area contributed by atoms with Gasteiger partial charge in [0.15, 0.2) is 0 Å². The van der Waals surface area contributed by atoms with Crippen LogP contribution in [0.1, 0.15) is 136 Å². The highest BCUT2D eigenvalue weighted by atomic mass is 16.3. The van der Waals surface area contributed by atoms with Crippen LogP contribution >= 0.6 is 0 Å². The van der Waals surface area contributed by atoms with Crippen molar-refractivity contribution in [1.29, 1.82) is 0 Å². The molecule has 0 rings (SSSR count). The van der Waals surface area contributed by atoms with Crippen molar-refractivity contribution in [3.63, 3.8) is 0 Å². The summed E-state index contributed by atoms with van der Waals surface area (Å²) in [5, 5.41) is 9.90. The highest BCUT2D eigenvalue weighted by Crippen LogP contribution is 2.12. The summed E-state index contributed by atoms with van der Waals surface area (Å²) in [6, 6.07) is 0. The average molecular weight is 351 g/mol. The SMILES string of the molecule is CCCCCCCCCCC#CC(O)CCCCCCCCCCC. The van der Waals surface area contributed by atoms with Crippen molar-refractivity contribution >= 4 is 0 Å². The molecule has 0 spiro atoms. The van der Waals surface area contributed by atoms with Gasteiger partial charge in [0.2, 0.25) is 0 Å². The van der Waals surface area contributed by atoms with E-state index in [1.165, 1.54) is 103 Å². The minimum absolute atomic E-state index is 0.390. The number of hydrogen-bond acceptors (Lipinski definition) is 1. The summed E-state index contributed by atoms with van der Waals surface area (Å²) >= 11 is 0.